The first kappa shape index (κ1) is 20.3. The highest BCUT2D eigenvalue weighted by Gasteiger charge is 1.80. The molecule has 17 heavy (non-hydrogen) atoms. The van der Waals surface area contributed by atoms with Gasteiger partial charge in [0.05, 0.1) is 7.11 Å². The first-order valence-electron chi connectivity index (χ1n) is 3.83. The Kier molecular flexibility index (Phi) is 16.5. The van der Waals surface area contributed by atoms with Crippen molar-refractivity contribution in [1.82, 2.24) is 0 Å². The Bertz CT molecular complexity index is 281. The van der Waals surface area contributed by atoms with Crippen molar-refractivity contribution in [2.45, 2.75) is 0 Å². The van der Waals surface area contributed by atoms with Crippen LogP contribution in [0.1, 0.15) is 0 Å². The molecule has 0 heterocycles. The number of benzene rings is 1. The van der Waals surface area contributed by atoms with Crippen LogP contribution in [0.4, 0.5) is 9.59 Å². The molecule has 0 fully saturated rings. The highest BCUT2D eigenvalue weighted by Crippen LogP contribution is 2.05. The Morgan fingerprint density at radius 1 is 0.941 bits per heavy atom. The van der Waals surface area contributed by atoms with Gasteiger partial charge >= 0.3 is 12.3 Å². The third kappa shape index (κ3) is 31.6. The van der Waals surface area contributed by atoms with Gasteiger partial charge in [0, 0.05) is 0 Å². The van der Waals surface area contributed by atoms with Crippen LogP contribution in [0.5, 0.6) is 5.75 Å². The molecule has 0 bridgehead atoms. The number of carboxylic acid groups (broad SMARTS) is 4. The Labute approximate surface area is 103 Å². The van der Waals surface area contributed by atoms with Crippen molar-refractivity contribution in [3.8, 4) is 5.75 Å². The number of ether oxygens (including phenoxy) is 1. The Morgan fingerprint density at radius 3 is 1.41 bits per heavy atom. The summed E-state index contributed by atoms with van der Waals surface area (Å²) < 4.78 is 4.91. The van der Waals surface area contributed by atoms with Gasteiger partial charge in [0.1, 0.15) is 5.75 Å². The molecule has 7 nitrogen and oxygen atoms in total. The van der Waals surface area contributed by atoms with E-state index in [9.17, 15) is 0 Å². The highest BCUT2D eigenvalue weighted by atomic mass is 35.5. The van der Waals surface area contributed by atoms with Gasteiger partial charge in [-0.15, -0.1) is 12.4 Å². The summed E-state index contributed by atoms with van der Waals surface area (Å²) in [6.07, 6.45) is -3.67. The number of hydrogen-bond donors (Lipinski definition) is 4. The summed E-state index contributed by atoms with van der Waals surface area (Å²) in [5.41, 5.74) is 0. The zero-order valence-electron chi connectivity index (χ0n) is 8.81. The fourth-order valence-electron chi connectivity index (χ4n) is 0.557. The maximum atomic E-state index is 8.56. The Morgan fingerprint density at radius 2 is 1.24 bits per heavy atom. The van der Waals surface area contributed by atoms with Crippen molar-refractivity contribution in [1.29, 1.82) is 0 Å². The largest absolute Gasteiger partial charge is 0.503 e. The van der Waals surface area contributed by atoms with Crippen LogP contribution in [0, 0.1) is 0 Å². The van der Waals surface area contributed by atoms with Gasteiger partial charge in [-0.05, 0) is 12.1 Å². The number of para-hydroxylation sites is 1. The maximum Gasteiger partial charge on any atom is 0.503 e. The number of carbonyl (C=O) groups is 2. The molecular weight excluding hydrogens is 256 g/mol. The van der Waals surface area contributed by atoms with E-state index in [0.29, 0.717) is 0 Å². The second kappa shape index (κ2) is 13.8. The van der Waals surface area contributed by atoms with Crippen LogP contribution in [0.3, 0.4) is 0 Å². The molecule has 98 valence electrons. The molecule has 0 unspecified atom stereocenters. The van der Waals surface area contributed by atoms with Gasteiger partial charge in [-0.25, -0.2) is 9.59 Å². The average molecular weight is 269 g/mol. The number of hydrogen-bond acceptors (Lipinski definition) is 3. The van der Waals surface area contributed by atoms with E-state index < -0.39 is 12.3 Å². The van der Waals surface area contributed by atoms with E-state index in [1.807, 2.05) is 30.3 Å². The number of rotatable bonds is 1. The molecule has 0 spiro atoms. The van der Waals surface area contributed by atoms with Gasteiger partial charge < -0.3 is 25.2 Å². The first-order chi connectivity index (χ1) is 7.40. The molecule has 0 saturated carbocycles. The smallest absolute Gasteiger partial charge is 0.497 e. The van der Waals surface area contributed by atoms with E-state index >= 15 is 0 Å². The summed E-state index contributed by atoms with van der Waals surface area (Å²) in [6, 6.07) is 9.68. The molecule has 1 aromatic rings. The van der Waals surface area contributed by atoms with Gasteiger partial charge in [-0.2, -0.15) is 0 Å². The molecule has 4 N–H and O–H groups in total. The first-order valence-corrected chi connectivity index (χ1v) is 3.83. The lowest BCUT2D eigenvalue weighted by molar-refractivity contribution is 0.135. The molecule has 1 rings (SSSR count). The van der Waals surface area contributed by atoms with E-state index in [1.165, 1.54) is 0 Å². The standard InChI is InChI=1S/C7H8O.2CH2O3.ClH/c1-8-7-5-3-2-4-6-7;2*2-1(3)4;/h2-6H,1H3;2*(H2,2,3,4);1H. The maximum absolute atomic E-state index is 8.56. The SMILES string of the molecule is COc1ccccc1.Cl.O=C(O)O.O=C(O)O. The summed E-state index contributed by atoms with van der Waals surface area (Å²) in [5.74, 6) is 0.910. The van der Waals surface area contributed by atoms with Gasteiger partial charge in [0.2, 0.25) is 0 Å². The summed E-state index contributed by atoms with van der Waals surface area (Å²) in [4.78, 5) is 17.1. The van der Waals surface area contributed by atoms with Crippen molar-refractivity contribution in [3.05, 3.63) is 30.3 Å². The molecule has 0 aliphatic carbocycles. The summed E-state index contributed by atoms with van der Waals surface area (Å²) in [6.45, 7) is 0. The van der Waals surface area contributed by atoms with Crippen molar-refractivity contribution >= 4 is 24.7 Å². The van der Waals surface area contributed by atoms with Crippen LogP contribution in [-0.4, -0.2) is 39.8 Å². The molecule has 0 aliphatic rings. The molecule has 0 aliphatic heterocycles. The van der Waals surface area contributed by atoms with E-state index in [-0.39, 0.29) is 12.4 Å². The number of halogens is 1. The van der Waals surface area contributed by atoms with E-state index in [4.69, 9.17) is 34.8 Å². The average Bonchev–Trinajstić information content (AvgIpc) is 2.17. The van der Waals surface area contributed by atoms with Crippen LogP contribution < -0.4 is 4.74 Å². The van der Waals surface area contributed by atoms with E-state index in [2.05, 4.69) is 0 Å². The van der Waals surface area contributed by atoms with Crippen LogP contribution in [-0.2, 0) is 0 Å². The van der Waals surface area contributed by atoms with Gasteiger partial charge in [0.15, 0.2) is 0 Å². The minimum atomic E-state index is -1.83. The van der Waals surface area contributed by atoms with Gasteiger partial charge in [-0.3, -0.25) is 0 Å². The predicted octanol–water partition coefficient (Wildman–Crippen LogP) is 2.56. The zero-order valence-corrected chi connectivity index (χ0v) is 9.63. The second-order valence-electron chi connectivity index (χ2n) is 2.08. The zero-order chi connectivity index (χ0) is 13.0. The molecule has 0 aromatic heterocycles. The lowest BCUT2D eigenvalue weighted by Crippen LogP contribution is -1.81. The molecule has 0 atom stereocenters. The summed E-state index contributed by atoms with van der Waals surface area (Å²) >= 11 is 0. The third-order valence-electron chi connectivity index (χ3n) is 0.979. The Balaban J connectivity index is -0.000000189. The normalized spacial score (nSPS) is 6.88. The minimum absolute atomic E-state index is 0. The molecule has 0 saturated heterocycles. The van der Waals surface area contributed by atoms with Crippen LogP contribution >= 0.6 is 12.4 Å². The van der Waals surface area contributed by atoms with Gasteiger partial charge in [0.25, 0.3) is 0 Å². The van der Waals surface area contributed by atoms with Crippen LogP contribution in [0.2, 0.25) is 0 Å². The summed E-state index contributed by atoms with van der Waals surface area (Å²) in [7, 11) is 1.66. The lowest BCUT2D eigenvalue weighted by atomic mass is 10.3. The fraction of sp³-hybridized carbons (Fsp3) is 0.111. The van der Waals surface area contributed by atoms with Gasteiger partial charge in [-0.1, -0.05) is 18.2 Å². The third-order valence-corrected chi connectivity index (χ3v) is 0.979. The monoisotopic (exact) mass is 268 g/mol. The molecule has 8 heteroatoms. The topological polar surface area (TPSA) is 124 Å². The molecule has 1 aromatic carbocycles. The molecule has 0 amide bonds. The number of methoxy groups -OCH3 is 1. The quantitative estimate of drug-likeness (QED) is 0.617. The van der Waals surface area contributed by atoms with Crippen LogP contribution in [0.25, 0.3) is 0 Å². The molecule has 0 radical (unpaired) electrons. The lowest BCUT2D eigenvalue weighted by Gasteiger charge is -1.93. The Hall–Kier alpha value is -2.15. The van der Waals surface area contributed by atoms with Crippen molar-refractivity contribution in [3.63, 3.8) is 0 Å². The summed E-state index contributed by atoms with van der Waals surface area (Å²) in [5, 5.41) is 27.9. The minimum Gasteiger partial charge on any atom is -0.497 e. The predicted molar refractivity (Wildman–Crippen MR) is 61.5 cm³/mol. The molecular formula is C9H13ClO7. The van der Waals surface area contributed by atoms with E-state index in [1.54, 1.807) is 7.11 Å². The van der Waals surface area contributed by atoms with E-state index in [0.717, 1.165) is 5.75 Å². The fourth-order valence-corrected chi connectivity index (χ4v) is 0.557. The second-order valence-corrected chi connectivity index (χ2v) is 2.08. The van der Waals surface area contributed by atoms with Crippen molar-refractivity contribution < 1.29 is 34.8 Å². The van der Waals surface area contributed by atoms with Crippen LogP contribution in [0.15, 0.2) is 30.3 Å². The van der Waals surface area contributed by atoms with Crippen molar-refractivity contribution in [2.75, 3.05) is 7.11 Å². The highest BCUT2D eigenvalue weighted by molar-refractivity contribution is 5.85. The van der Waals surface area contributed by atoms with Crippen molar-refractivity contribution in [2.24, 2.45) is 0 Å².